The van der Waals surface area contributed by atoms with Gasteiger partial charge in [0.25, 0.3) is 5.56 Å². The highest BCUT2D eigenvalue weighted by Gasteiger charge is 2.33. The zero-order chi connectivity index (χ0) is 28.3. The number of hydrogen-bond donors (Lipinski definition) is 0. The van der Waals surface area contributed by atoms with E-state index in [4.69, 9.17) is 14.7 Å². The number of carbonyl (C=O) groups is 1. The molecule has 0 spiro atoms. The first kappa shape index (κ1) is 26.8. The highest BCUT2D eigenvalue weighted by molar-refractivity contribution is 7.21. The van der Waals surface area contributed by atoms with Gasteiger partial charge in [0.15, 0.2) is 21.3 Å². The third kappa shape index (κ3) is 5.63. The number of anilines is 1. The van der Waals surface area contributed by atoms with Crippen molar-refractivity contribution < 1.29 is 13.9 Å². The molecule has 3 heterocycles. The third-order valence-electron chi connectivity index (χ3n) is 7.48. The number of halogens is 1. The van der Waals surface area contributed by atoms with E-state index in [1.807, 2.05) is 59.5 Å². The second kappa shape index (κ2) is 11.6. The molecule has 41 heavy (non-hydrogen) atoms. The molecule has 2 aromatic heterocycles. The summed E-state index contributed by atoms with van der Waals surface area (Å²) in [5.41, 5.74) is 2.64. The number of ether oxygens (including phenoxy) is 1. The summed E-state index contributed by atoms with van der Waals surface area (Å²) in [6, 6.07) is 23.2. The molecule has 208 valence electrons. The maximum Gasteiger partial charge on any atom is 0.281 e. The molecule has 5 aromatic rings. The van der Waals surface area contributed by atoms with E-state index in [9.17, 15) is 14.0 Å². The number of hydrogen-bond acceptors (Lipinski definition) is 7. The Morgan fingerprint density at radius 3 is 2.49 bits per heavy atom. The Labute approximate surface area is 240 Å². The van der Waals surface area contributed by atoms with Gasteiger partial charge in [0.2, 0.25) is 0 Å². The topological polar surface area (TPSA) is 77.3 Å². The number of methoxy groups -OCH3 is 1. The summed E-state index contributed by atoms with van der Waals surface area (Å²) in [4.78, 5) is 39.3. The van der Waals surface area contributed by atoms with E-state index in [1.54, 1.807) is 23.8 Å². The SMILES string of the molecule is COc1ccc(Cn2c(-c3ccc(F)cc3)nc3sc(N4CCC[C@@H]4C(=O)CCc4ccccc4)nc3c2=O)cc1. The second-order valence-corrected chi connectivity index (χ2v) is 11.1. The normalized spacial score (nSPS) is 15.0. The van der Waals surface area contributed by atoms with Crippen LogP contribution in [-0.4, -0.2) is 40.0 Å². The molecule has 0 unspecified atom stereocenters. The lowest BCUT2D eigenvalue weighted by Gasteiger charge is -2.22. The van der Waals surface area contributed by atoms with Gasteiger partial charge < -0.3 is 9.64 Å². The van der Waals surface area contributed by atoms with Crippen LogP contribution in [0.4, 0.5) is 9.52 Å². The lowest BCUT2D eigenvalue weighted by Crippen LogP contribution is -2.36. The summed E-state index contributed by atoms with van der Waals surface area (Å²) < 4.78 is 20.6. The number of Topliss-reactive ketones (excluding diaryl/α,β-unsaturated/α-hetero) is 1. The van der Waals surface area contributed by atoms with Crippen LogP contribution >= 0.6 is 11.3 Å². The average molecular weight is 569 g/mol. The van der Waals surface area contributed by atoms with Crippen molar-refractivity contribution in [1.29, 1.82) is 0 Å². The van der Waals surface area contributed by atoms with Gasteiger partial charge >= 0.3 is 0 Å². The second-order valence-electron chi connectivity index (χ2n) is 10.1. The van der Waals surface area contributed by atoms with E-state index >= 15 is 0 Å². The number of carbonyl (C=O) groups excluding carboxylic acids is 1. The molecule has 3 aromatic carbocycles. The van der Waals surface area contributed by atoms with Gasteiger partial charge in [0.05, 0.1) is 19.7 Å². The van der Waals surface area contributed by atoms with E-state index in [0.29, 0.717) is 40.7 Å². The van der Waals surface area contributed by atoms with Crippen molar-refractivity contribution in [2.24, 2.45) is 0 Å². The molecule has 0 N–H and O–H groups in total. The van der Waals surface area contributed by atoms with Crippen LogP contribution < -0.4 is 15.2 Å². The predicted octanol–water partition coefficient (Wildman–Crippen LogP) is 5.89. The summed E-state index contributed by atoms with van der Waals surface area (Å²) in [6.45, 7) is 0.960. The van der Waals surface area contributed by atoms with Crippen LogP contribution in [0.2, 0.25) is 0 Å². The first-order chi connectivity index (χ1) is 20.0. The van der Waals surface area contributed by atoms with Crippen molar-refractivity contribution in [2.45, 2.75) is 38.3 Å². The monoisotopic (exact) mass is 568 g/mol. The van der Waals surface area contributed by atoms with Gasteiger partial charge in [-0.05, 0) is 66.8 Å². The van der Waals surface area contributed by atoms with Gasteiger partial charge in [-0.2, -0.15) is 0 Å². The molecule has 0 amide bonds. The number of thiazole rings is 1. The van der Waals surface area contributed by atoms with Gasteiger partial charge in [0.1, 0.15) is 17.4 Å². The van der Waals surface area contributed by atoms with Gasteiger partial charge in [-0.15, -0.1) is 0 Å². The fraction of sp³-hybridized carbons (Fsp3) is 0.250. The van der Waals surface area contributed by atoms with E-state index in [2.05, 4.69) is 0 Å². The van der Waals surface area contributed by atoms with Crippen molar-refractivity contribution in [2.75, 3.05) is 18.6 Å². The standard InChI is InChI=1S/C32H29FN4O3S/c1-40-25-16-9-22(10-17-25)20-37-29(23-12-14-24(33)15-13-23)35-30-28(31(37)39)34-32(41-30)36-19-5-8-26(36)27(38)18-11-21-6-3-2-4-7-21/h2-4,6-7,9-10,12-17,26H,5,8,11,18-20H2,1H3/t26-/m1/s1. The maximum atomic E-state index is 13.9. The van der Waals surface area contributed by atoms with Crippen molar-refractivity contribution in [3.63, 3.8) is 0 Å². The molecule has 1 aliphatic rings. The van der Waals surface area contributed by atoms with E-state index in [1.165, 1.54) is 23.5 Å². The van der Waals surface area contributed by atoms with Gasteiger partial charge in [-0.25, -0.2) is 14.4 Å². The molecule has 1 aliphatic heterocycles. The Kier molecular flexibility index (Phi) is 7.61. The van der Waals surface area contributed by atoms with Gasteiger partial charge in [-0.1, -0.05) is 53.8 Å². The van der Waals surface area contributed by atoms with E-state index in [-0.39, 0.29) is 35.3 Å². The van der Waals surface area contributed by atoms with Crippen LogP contribution in [0, 0.1) is 5.82 Å². The minimum Gasteiger partial charge on any atom is -0.497 e. The molecule has 1 fully saturated rings. The number of benzene rings is 3. The number of nitrogens with zero attached hydrogens (tertiary/aromatic N) is 4. The number of rotatable bonds is 9. The van der Waals surface area contributed by atoms with Crippen molar-refractivity contribution in [3.8, 4) is 17.1 Å². The average Bonchev–Trinajstić information content (AvgIpc) is 3.66. The number of ketones is 1. The number of fused-ring (bicyclic) bond motifs is 1. The molecule has 0 aliphatic carbocycles. The molecule has 1 atom stereocenters. The summed E-state index contributed by atoms with van der Waals surface area (Å²) in [5.74, 6) is 0.972. The summed E-state index contributed by atoms with van der Waals surface area (Å²) in [6.07, 6.45) is 2.80. The molecule has 6 rings (SSSR count). The van der Waals surface area contributed by atoms with Crippen LogP contribution in [0.25, 0.3) is 21.7 Å². The highest BCUT2D eigenvalue weighted by atomic mass is 32.1. The third-order valence-corrected chi connectivity index (χ3v) is 8.47. The Bertz CT molecular complexity index is 1730. The van der Waals surface area contributed by atoms with Crippen LogP contribution in [0.3, 0.4) is 0 Å². The molecule has 7 nitrogen and oxygen atoms in total. The molecule has 0 radical (unpaired) electrons. The van der Waals surface area contributed by atoms with Crippen molar-refractivity contribution in [1.82, 2.24) is 14.5 Å². The maximum absolute atomic E-state index is 13.9. The molecule has 0 bridgehead atoms. The number of aryl methyl sites for hydroxylation is 1. The Morgan fingerprint density at radius 2 is 1.76 bits per heavy atom. The first-order valence-electron chi connectivity index (χ1n) is 13.6. The van der Waals surface area contributed by atoms with Gasteiger partial charge in [0, 0.05) is 18.5 Å². The lowest BCUT2D eigenvalue weighted by atomic mass is 10.0. The van der Waals surface area contributed by atoms with Crippen LogP contribution in [0.5, 0.6) is 5.75 Å². The summed E-state index contributed by atoms with van der Waals surface area (Å²) >= 11 is 1.32. The Morgan fingerprint density at radius 1 is 1.00 bits per heavy atom. The van der Waals surface area contributed by atoms with Crippen LogP contribution in [-0.2, 0) is 17.8 Å². The predicted molar refractivity (Wildman–Crippen MR) is 159 cm³/mol. The van der Waals surface area contributed by atoms with Crippen molar-refractivity contribution >= 4 is 32.6 Å². The molecule has 1 saturated heterocycles. The first-order valence-corrected chi connectivity index (χ1v) is 14.5. The zero-order valence-electron chi connectivity index (χ0n) is 22.6. The van der Waals surface area contributed by atoms with Crippen LogP contribution in [0.15, 0.2) is 83.7 Å². The summed E-state index contributed by atoms with van der Waals surface area (Å²) in [5, 5.41) is 0.632. The van der Waals surface area contributed by atoms with Crippen LogP contribution in [0.1, 0.15) is 30.4 Å². The quantitative estimate of drug-likeness (QED) is 0.221. The van der Waals surface area contributed by atoms with Gasteiger partial charge in [-0.3, -0.25) is 14.2 Å². The Balaban J connectivity index is 1.35. The minimum absolute atomic E-state index is 0.183. The smallest absolute Gasteiger partial charge is 0.281 e. The van der Waals surface area contributed by atoms with E-state index in [0.717, 1.165) is 29.7 Å². The number of aromatic nitrogens is 3. The lowest BCUT2D eigenvalue weighted by molar-refractivity contribution is -0.120. The highest BCUT2D eigenvalue weighted by Crippen LogP contribution is 2.33. The molecule has 9 heteroatoms. The Hall–Kier alpha value is -4.37. The minimum atomic E-state index is -0.365. The molecular weight excluding hydrogens is 539 g/mol. The van der Waals surface area contributed by atoms with E-state index < -0.39 is 0 Å². The summed E-state index contributed by atoms with van der Waals surface area (Å²) in [7, 11) is 1.60. The fourth-order valence-electron chi connectivity index (χ4n) is 5.31. The fourth-order valence-corrected chi connectivity index (χ4v) is 6.32. The molecular formula is C32H29FN4O3S. The zero-order valence-corrected chi connectivity index (χ0v) is 23.4. The largest absolute Gasteiger partial charge is 0.497 e. The molecule has 0 saturated carbocycles. The van der Waals surface area contributed by atoms with Crippen molar-refractivity contribution in [3.05, 3.63) is 106 Å².